The van der Waals surface area contributed by atoms with Gasteiger partial charge in [-0.15, -0.1) is 23.2 Å². The zero-order valence-electron chi connectivity index (χ0n) is 18.7. The highest BCUT2D eigenvalue weighted by Gasteiger charge is 2.76. The van der Waals surface area contributed by atoms with Crippen molar-refractivity contribution in [3.8, 4) is 5.75 Å². The molecular weight excluding hydrogens is 579 g/mol. The Labute approximate surface area is 224 Å². The van der Waals surface area contributed by atoms with Crippen LogP contribution in [0.4, 0.5) is 0 Å². The number of carbonyl (C=O) groups excluding carboxylic acids is 4. The van der Waals surface area contributed by atoms with Crippen molar-refractivity contribution in [3.63, 3.8) is 0 Å². The number of likely N-dealkylation sites (tertiary alicyclic amines) is 2. The third-order valence-electron chi connectivity index (χ3n) is 7.88. The quantitative estimate of drug-likeness (QED) is 0.230. The van der Waals surface area contributed by atoms with E-state index in [-0.39, 0.29) is 37.0 Å². The number of phenolic OH excluding ortho intramolecular Hbond substituents is 1. The number of fused-ring (bicyclic) bond motifs is 4. The molecule has 190 valence electrons. The fourth-order valence-corrected chi connectivity index (χ4v) is 7.71. The number of allylic oxidation sites excluding steroid dienone is 2. The van der Waals surface area contributed by atoms with Crippen LogP contribution >= 0.6 is 39.1 Å². The van der Waals surface area contributed by atoms with Gasteiger partial charge in [-0.05, 0) is 36.5 Å². The number of phenols is 1. The minimum atomic E-state index is -1.90. The average Bonchev–Trinajstić information content (AvgIpc) is 3.16. The summed E-state index contributed by atoms with van der Waals surface area (Å²) in [4.78, 5) is 62.8. The molecule has 1 saturated carbocycles. The number of hydrogen-bond donors (Lipinski definition) is 2. The highest BCUT2D eigenvalue weighted by molar-refractivity contribution is 9.09. The summed E-state index contributed by atoms with van der Waals surface area (Å²) in [7, 11) is 0. The summed E-state index contributed by atoms with van der Waals surface area (Å²) in [6, 6.07) is 6.05. The van der Waals surface area contributed by atoms with Gasteiger partial charge in [0.25, 0.3) is 11.8 Å². The minimum absolute atomic E-state index is 0.00824. The number of alkyl halides is 3. The van der Waals surface area contributed by atoms with Crippen molar-refractivity contribution in [3.05, 3.63) is 41.5 Å². The van der Waals surface area contributed by atoms with Gasteiger partial charge in [0, 0.05) is 12.5 Å². The number of nitrogens with zero attached hydrogens (tertiary/aromatic N) is 2. The average molecular weight is 600 g/mol. The van der Waals surface area contributed by atoms with Gasteiger partial charge in [-0.1, -0.05) is 39.7 Å². The molecule has 5 rings (SSSR count). The van der Waals surface area contributed by atoms with Gasteiger partial charge in [0.05, 0.1) is 23.7 Å². The Hall–Kier alpha value is -2.43. The lowest BCUT2D eigenvalue weighted by Crippen LogP contribution is -2.60. The van der Waals surface area contributed by atoms with Crippen LogP contribution in [0.3, 0.4) is 0 Å². The number of imide groups is 2. The molecule has 2 saturated heterocycles. The number of carbonyl (C=O) groups is 5. The summed E-state index contributed by atoms with van der Waals surface area (Å²) in [5, 5.41) is 18.9. The van der Waals surface area contributed by atoms with Gasteiger partial charge in [0.2, 0.25) is 11.8 Å². The molecule has 36 heavy (non-hydrogen) atoms. The second-order valence-corrected chi connectivity index (χ2v) is 11.3. The summed E-state index contributed by atoms with van der Waals surface area (Å²) >= 11 is 17.3. The first-order chi connectivity index (χ1) is 17.0. The van der Waals surface area contributed by atoms with E-state index in [1.165, 1.54) is 12.1 Å². The fourth-order valence-electron chi connectivity index (χ4n) is 6.29. The summed E-state index contributed by atoms with van der Waals surface area (Å²) in [5.41, 5.74) is 1.04. The predicted molar refractivity (Wildman–Crippen MR) is 130 cm³/mol. The molecule has 2 heterocycles. The molecule has 0 bridgehead atoms. The number of hydrogen-bond acceptors (Lipinski definition) is 6. The van der Waals surface area contributed by atoms with E-state index in [9.17, 15) is 29.1 Å². The Morgan fingerprint density at radius 2 is 1.69 bits per heavy atom. The lowest BCUT2D eigenvalue weighted by atomic mass is 9.56. The highest BCUT2D eigenvalue weighted by atomic mass is 79.9. The third kappa shape index (κ3) is 3.23. The summed E-state index contributed by atoms with van der Waals surface area (Å²) in [6.45, 7) is -0.246. The number of amides is 4. The van der Waals surface area contributed by atoms with Crippen molar-refractivity contribution in [2.45, 2.75) is 34.9 Å². The third-order valence-corrected chi connectivity index (χ3v) is 9.80. The van der Waals surface area contributed by atoms with Crippen molar-refractivity contribution in [2.24, 2.45) is 17.8 Å². The first-order valence-corrected chi connectivity index (χ1v) is 13.2. The molecule has 9 nitrogen and oxygen atoms in total. The van der Waals surface area contributed by atoms with Crippen molar-refractivity contribution < 1.29 is 34.2 Å². The number of rotatable bonds is 5. The van der Waals surface area contributed by atoms with Gasteiger partial charge in [-0.3, -0.25) is 33.8 Å². The molecule has 0 spiro atoms. The first kappa shape index (κ1) is 25.2. The topological polar surface area (TPSA) is 132 Å². The van der Waals surface area contributed by atoms with Gasteiger partial charge in [-0.2, -0.15) is 0 Å². The molecule has 1 aromatic rings. The van der Waals surface area contributed by atoms with Crippen molar-refractivity contribution in [1.29, 1.82) is 0 Å². The van der Waals surface area contributed by atoms with Crippen LogP contribution in [-0.2, 0) is 24.0 Å². The van der Waals surface area contributed by atoms with E-state index in [4.69, 9.17) is 28.3 Å². The van der Waals surface area contributed by atoms with Gasteiger partial charge >= 0.3 is 5.97 Å². The summed E-state index contributed by atoms with van der Waals surface area (Å²) < 4.78 is 0. The van der Waals surface area contributed by atoms with Gasteiger partial charge in [0.15, 0.2) is 9.75 Å². The van der Waals surface area contributed by atoms with Crippen LogP contribution in [0, 0.1) is 17.8 Å². The van der Waals surface area contributed by atoms with E-state index in [1.54, 1.807) is 18.2 Å². The monoisotopic (exact) mass is 598 g/mol. The van der Waals surface area contributed by atoms with Crippen molar-refractivity contribution in [2.75, 3.05) is 12.0 Å². The molecule has 2 aliphatic heterocycles. The molecule has 0 aromatic heterocycles. The Morgan fingerprint density at radius 3 is 2.31 bits per heavy atom. The van der Waals surface area contributed by atoms with E-state index in [0.717, 1.165) is 9.80 Å². The van der Waals surface area contributed by atoms with E-state index in [1.807, 2.05) is 0 Å². The number of aromatic hydroxyl groups is 1. The van der Waals surface area contributed by atoms with Crippen LogP contribution in [0.5, 0.6) is 5.75 Å². The Kier molecular flexibility index (Phi) is 6.00. The number of benzene rings is 1. The van der Waals surface area contributed by atoms with E-state index >= 15 is 0 Å². The van der Waals surface area contributed by atoms with Crippen LogP contribution in [0.1, 0.15) is 30.7 Å². The standard InChI is InChI=1S/C24H21BrCl2N2O7/c25-10-29-21(35)23(26)9-15-13(18(24(23,27)22(29)36)11-1-3-12(30)4-2-11)5-6-14-17(15)20(34)28(19(14)33)8-7-16(31)32/h1-5,14-15,17-18,30H,6-10H2,(H,31,32)/t14-,15+,17-,18-,23+,24-/m0/s1. The molecule has 12 heteroatoms. The van der Waals surface area contributed by atoms with Crippen LogP contribution in [0.2, 0.25) is 0 Å². The number of carboxylic acids is 1. The minimum Gasteiger partial charge on any atom is -0.508 e. The van der Waals surface area contributed by atoms with Crippen molar-refractivity contribution >= 4 is 68.7 Å². The molecule has 2 aliphatic carbocycles. The van der Waals surface area contributed by atoms with Crippen molar-refractivity contribution in [1.82, 2.24) is 9.80 Å². The lowest BCUT2D eigenvalue weighted by Gasteiger charge is -2.50. The van der Waals surface area contributed by atoms with Crippen LogP contribution < -0.4 is 0 Å². The predicted octanol–water partition coefficient (Wildman–Crippen LogP) is 2.58. The highest BCUT2D eigenvalue weighted by Crippen LogP contribution is 2.65. The smallest absolute Gasteiger partial charge is 0.305 e. The summed E-state index contributed by atoms with van der Waals surface area (Å²) in [5.74, 6) is -6.63. The largest absolute Gasteiger partial charge is 0.508 e. The van der Waals surface area contributed by atoms with Crippen LogP contribution in [0.25, 0.3) is 0 Å². The zero-order valence-corrected chi connectivity index (χ0v) is 21.8. The van der Waals surface area contributed by atoms with E-state index in [0.29, 0.717) is 11.1 Å². The number of halogens is 3. The van der Waals surface area contributed by atoms with E-state index in [2.05, 4.69) is 15.9 Å². The summed E-state index contributed by atoms with van der Waals surface area (Å²) in [6.07, 6.45) is 1.48. The number of carboxylic acid groups (broad SMARTS) is 1. The van der Waals surface area contributed by atoms with Crippen LogP contribution in [-0.4, -0.2) is 71.4 Å². The molecule has 6 atom stereocenters. The van der Waals surface area contributed by atoms with Gasteiger partial charge in [-0.25, -0.2) is 0 Å². The van der Waals surface area contributed by atoms with Gasteiger partial charge < -0.3 is 10.2 Å². The maximum Gasteiger partial charge on any atom is 0.305 e. The molecular formula is C24H21BrCl2N2O7. The fraction of sp³-hybridized carbons (Fsp3) is 0.458. The second kappa shape index (κ2) is 8.56. The second-order valence-electron chi connectivity index (χ2n) is 9.55. The van der Waals surface area contributed by atoms with E-state index < -0.39 is 63.0 Å². The molecule has 2 N–H and O–H groups in total. The first-order valence-electron chi connectivity index (χ1n) is 11.3. The Morgan fingerprint density at radius 1 is 1.03 bits per heavy atom. The molecule has 0 radical (unpaired) electrons. The molecule has 4 amide bonds. The maximum absolute atomic E-state index is 13.6. The number of aliphatic carboxylic acids is 1. The molecule has 1 aromatic carbocycles. The normalized spacial score (nSPS) is 35.5. The SMILES string of the molecule is O=C(O)CCN1C(=O)[C@H]2[C@H](CC=C3[C@H]2C[C@@]2(Cl)C(=O)N(CBr)C(=O)[C@@]2(Cl)[C@H]3c2ccc(O)cc2)C1=O. The van der Waals surface area contributed by atoms with Gasteiger partial charge in [0.1, 0.15) is 5.75 Å². The van der Waals surface area contributed by atoms with Crippen LogP contribution in [0.15, 0.2) is 35.9 Å². The zero-order chi connectivity index (χ0) is 26.2. The molecule has 3 fully saturated rings. The lowest BCUT2D eigenvalue weighted by molar-refractivity contribution is -0.143. The molecule has 0 unspecified atom stereocenters. The Bertz CT molecular complexity index is 1240. The maximum atomic E-state index is 13.6. The molecule has 4 aliphatic rings. The Balaban J connectivity index is 1.65.